The molecule has 130 valence electrons. The highest BCUT2D eigenvalue weighted by molar-refractivity contribution is 7.15. The lowest BCUT2D eigenvalue weighted by Crippen LogP contribution is -2.33. The second kappa shape index (κ2) is 6.32. The summed E-state index contributed by atoms with van der Waals surface area (Å²) in [6.07, 6.45) is 2.48. The van der Waals surface area contributed by atoms with Crippen LogP contribution in [0.4, 0.5) is 0 Å². The molecule has 9 heteroatoms. The molecule has 0 aromatic carbocycles. The van der Waals surface area contributed by atoms with Gasteiger partial charge in [0.25, 0.3) is 5.91 Å². The molecule has 3 aromatic rings. The topological polar surface area (TPSA) is 110 Å². The van der Waals surface area contributed by atoms with Crippen LogP contribution in [-0.2, 0) is 18.3 Å². The number of hydrogen-bond acceptors (Lipinski definition) is 7. The summed E-state index contributed by atoms with van der Waals surface area (Å²) in [4.78, 5) is 15.2. The zero-order chi connectivity index (χ0) is 17.4. The predicted octanol–water partition coefficient (Wildman–Crippen LogP) is 1.46. The number of aromatic nitrogens is 4. The summed E-state index contributed by atoms with van der Waals surface area (Å²) >= 11 is 3.21. The molecule has 4 rings (SSSR count). The average molecular weight is 374 g/mol. The second-order valence-corrected chi connectivity index (χ2v) is 7.97. The van der Waals surface area contributed by atoms with Crippen LogP contribution in [0.1, 0.15) is 42.8 Å². The van der Waals surface area contributed by atoms with Crippen molar-refractivity contribution in [3.8, 4) is 0 Å². The van der Waals surface area contributed by atoms with Crippen LogP contribution < -0.4 is 11.1 Å². The van der Waals surface area contributed by atoms with Gasteiger partial charge in [-0.05, 0) is 54.4 Å². The summed E-state index contributed by atoms with van der Waals surface area (Å²) < 4.78 is 0. The molecule has 0 radical (unpaired) electrons. The number of nitrogens with zero attached hydrogens (tertiary/aromatic N) is 3. The molecule has 1 aliphatic rings. The lowest BCUT2D eigenvalue weighted by molar-refractivity contribution is 0.0967. The van der Waals surface area contributed by atoms with Crippen LogP contribution in [0, 0.1) is 0 Å². The summed E-state index contributed by atoms with van der Waals surface area (Å²) in [7, 11) is 1.65. The van der Waals surface area contributed by atoms with Crippen molar-refractivity contribution in [2.75, 3.05) is 13.6 Å². The molecule has 3 heterocycles. The van der Waals surface area contributed by atoms with Crippen LogP contribution in [0.15, 0.2) is 17.5 Å². The highest BCUT2D eigenvalue weighted by atomic mass is 32.1. The molecule has 1 aliphatic carbocycles. The minimum atomic E-state index is -0.548. The van der Waals surface area contributed by atoms with Gasteiger partial charge in [-0.2, -0.15) is 5.21 Å². The van der Waals surface area contributed by atoms with Crippen molar-refractivity contribution in [1.29, 1.82) is 0 Å². The number of aromatic amines is 1. The fourth-order valence-corrected chi connectivity index (χ4v) is 6.22. The number of amides is 1. The minimum absolute atomic E-state index is 0.0702. The van der Waals surface area contributed by atoms with Crippen molar-refractivity contribution in [1.82, 2.24) is 25.9 Å². The summed E-state index contributed by atoms with van der Waals surface area (Å²) in [6.45, 7) is 0.485. The standard InChI is InChI=1S/C16H18N6OS2/c1-18-14(23)11-8-10-3-2-9-4-7-24-12(9)16(5-6-17,13(10)25-11)15-19-21-22-20-15/h4,7-8H,2-3,5-6,17H2,1H3,(H,18,23)(H,19,20,21,22). The number of H-pyrrole nitrogens is 1. The molecule has 0 spiro atoms. The number of fused-ring (bicyclic) bond motifs is 2. The number of hydrogen-bond donors (Lipinski definition) is 3. The largest absolute Gasteiger partial charge is 0.354 e. The number of carbonyl (C=O) groups is 1. The molecule has 1 amide bonds. The Kier molecular flexibility index (Phi) is 4.14. The van der Waals surface area contributed by atoms with Gasteiger partial charge in [-0.15, -0.1) is 32.9 Å². The monoisotopic (exact) mass is 374 g/mol. The van der Waals surface area contributed by atoms with Crippen LogP contribution in [0.25, 0.3) is 0 Å². The first-order valence-electron chi connectivity index (χ1n) is 8.06. The number of nitrogens with two attached hydrogens (primary N) is 1. The molecule has 25 heavy (non-hydrogen) atoms. The zero-order valence-electron chi connectivity index (χ0n) is 13.7. The second-order valence-electron chi connectivity index (χ2n) is 6.00. The van der Waals surface area contributed by atoms with Gasteiger partial charge in [-0.25, -0.2) is 0 Å². The third-order valence-electron chi connectivity index (χ3n) is 4.69. The van der Waals surface area contributed by atoms with Gasteiger partial charge in [0.05, 0.1) is 4.88 Å². The maximum absolute atomic E-state index is 12.2. The zero-order valence-corrected chi connectivity index (χ0v) is 15.3. The van der Waals surface area contributed by atoms with Gasteiger partial charge in [0.15, 0.2) is 5.82 Å². The Balaban J connectivity index is 2.02. The number of aryl methyl sites for hydroxylation is 2. The van der Waals surface area contributed by atoms with Crippen LogP contribution in [0.5, 0.6) is 0 Å². The Hall–Kier alpha value is -2.10. The van der Waals surface area contributed by atoms with Crippen LogP contribution in [0.2, 0.25) is 0 Å². The molecule has 0 bridgehead atoms. The van der Waals surface area contributed by atoms with E-state index in [1.54, 1.807) is 18.4 Å². The molecular weight excluding hydrogens is 356 g/mol. The van der Waals surface area contributed by atoms with Gasteiger partial charge in [0.1, 0.15) is 5.41 Å². The van der Waals surface area contributed by atoms with Gasteiger partial charge < -0.3 is 11.1 Å². The lowest BCUT2D eigenvalue weighted by atomic mass is 9.78. The number of nitrogens with one attached hydrogen (secondary N) is 2. The first-order chi connectivity index (χ1) is 12.2. The van der Waals surface area contributed by atoms with Crippen molar-refractivity contribution in [2.24, 2.45) is 5.73 Å². The van der Waals surface area contributed by atoms with Crippen molar-refractivity contribution in [3.63, 3.8) is 0 Å². The van der Waals surface area contributed by atoms with Gasteiger partial charge in [-0.1, -0.05) is 5.21 Å². The number of rotatable bonds is 4. The molecule has 1 atom stereocenters. The van der Waals surface area contributed by atoms with Crippen LogP contribution in [-0.4, -0.2) is 40.1 Å². The van der Waals surface area contributed by atoms with Crippen molar-refractivity contribution in [2.45, 2.75) is 24.7 Å². The Morgan fingerprint density at radius 2 is 2.24 bits per heavy atom. The number of thiophene rings is 2. The smallest absolute Gasteiger partial charge is 0.261 e. The van der Waals surface area contributed by atoms with Crippen molar-refractivity contribution >= 4 is 28.6 Å². The van der Waals surface area contributed by atoms with E-state index in [1.165, 1.54) is 27.3 Å². The molecule has 0 saturated carbocycles. The third-order valence-corrected chi connectivity index (χ3v) is 7.15. The molecule has 7 nitrogen and oxygen atoms in total. The quantitative estimate of drug-likeness (QED) is 0.640. The lowest BCUT2D eigenvalue weighted by Gasteiger charge is -2.29. The normalized spacial score (nSPS) is 19.1. The van der Waals surface area contributed by atoms with Crippen molar-refractivity contribution < 1.29 is 4.79 Å². The van der Waals surface area contributed by atoms with Crippen LogP contribution >= 0.6 is 22.7 Å². The molecule has 0 saturated heterocycles. The number of carbonyl (C=O) groups excluding carboxylic acids is 1. The summed E-state index contributed by atoms with van der Waals surface area (Å²) in [6, 6.07) is 4.17. The van der Waals surface area contributed by atoms with E-state index in [0.29, 0.717) is 23.7 Å². The van der Waals surface area contributed by atoms with E-state index in [0.717, 1.165) is 17.7 Å². The van der Waals surface area contributed by atoms with E-state index in [4.69, 9.17) is 5.73 Å². The Morgan fingerprint density at radius 1 is 1.40 bits per heavy atom. The maximum atomic E-state index is 12.2. The molecule has 0 aliphatic heterocycles. The molecule has 1 unspecified atom stereocenters. The molecule has 0 fully saturated rings. The van der Waals surface area contributed by atoms with E-state index < -0.39 is 5.41 Å². The highest BCUT2D eigenvalue weighted by Gasteiger charge is 2.46. The maximum Gasteiger partial charge on any atom is 0.261 e. The first kappa shape index (κ1) is 16.4. The van der Waals surface area contributed by atoms with Gasteiger partial charge in [0, 0.05) is 16.8 Å². The average Bonchev–Trinajstić information content (AvgIpc) is 3.37. The molecule has 4 N–H and O–H groups in total. The first-order valence-corrected chi connectivity index (χ1v) is 9.76. The fraction of sp³-hybridized carbons (Fsp3) is 0.375. The minimum Gasteiger partial charge on any atom is -0.354 e. The molecule has 3 aromatic heterocycles. The van der Waals surface area contributed by atoms with Crippen LogP contribution in [0.3, 0.4) is 0 Å². The highest BCUT2D eigenvalue weighted by Crippen LogP contribution is 2.50. The summed E-state index contributed by atoms with van der Waals surface area (Å²) in [5.74, 6) is 0.550. The van der Waals surface area contributed by atoms with E-state index in [2.05, 4.69) is 37.4 Å². The fourth-order valence-electron chi connectivity index (χ4n) is 3.59. The van der Waals surface area contributed by atoms with Crippen molar-refractivity contribution in [3.05, 3.63) is 49.1 Å². The predicted molar refractivity (Wildman–Crippen MR) is 97.2 cm³/mol. The Labute approximate surface area is 152 Å². The van der Waals surface area contributed by atoms with Gasteiger partial charge in [0.2, 0.25) is 0 Å². The van der Waals surface area contributed by atoms with E-state index in [9.17, 15) is 4.79 Å². The Morgan fingerprint density at radius 3 is 2.96 bits per heavy atom. The van der Waals surface area contributed by atoms with Gasteiger partial charge >= 0.3 is 0 Å². The third kappa shape index (κ3) is 2.42. The Bertz CT molecular complexity index is 900. The summed E-state index contributed by atoms with van der Waals surface area (Å²) in [5.41, 5.74) is 7.94. The van der Waals surface area contributed by atoms with E-state index >= 15 is 0 Å². The summed E-state index contributed by atoms with van der Waals surface area (Å²) in [5, 5.41) is 19.9. The van der Waals surface area contributed by atoms with E-state index in [1.807, 2.05) is 6.07 Å². The van der Waals surface area contributed by atoms with E-state index in [-0.39, 0.29) is 5.91 Å². The SMILES string of the molecule is CNC(=O)c1cc2c(s1)C(CCN)(c1nn[nH]n1)c1sccc1CC2. The number of tetrazole rings is 1. The van der Waals surface area contributed by atoms with Gasteiger partial charge in [-0.3, -0.25) is 4.79 Å². The molecular formula is C16H18N6OS2.